The Morgan fingerprint density at radius 1 is 1.50 bits per heavy atom. The number of ether oxygens (including phenoxy) is 1. The first kappa shape index (κ1) is 15.6. The van der Waals surface area contributed by atoms with Crippen LogP contribution in [-0.4, -0.2) is 59.7 Å². The van der Waals surface area contributed by atoms with Gasteiger partial charge in [-0.05, 0) is 12.3 Å². The highest BCUT2D eigenvalue weighted by atomic mass is 32.2. The summed E-state index contributed by atoms with van der Waals surface area (Å²) in [6, 6.07) is -0.730. The van der Waals surface area contributed by atoms with Crippen molar-refractivity contribution in [1.29, 1.82) is 0 Å². The van der Waals surface area contributed by atoms with Crippen molar-refractivity contribution < 1.29 is 14.3 Å². The second-order valence-corrected chi connectivity index (χ2v) is 7.21. The summed E-state index contributed by atoms with van der Waals surface area (Å²) >= 11 is 1.70. The minimum atomic E-state index is -0.451. The van der Waals surface area contributed by atoms with E-state index in [1.165, 1.54) is 7.11 Å². The van der Waals surface area contributed by atoms with Gasteiger partial charge in [-0.15, -0.1) is 11.8 Å². The number of nitrogens with zero attached hydrogens (tertiary/aromatic N) is 1. The Bertz CT molecular complexity index is 404. The van der Waals surface area contributed by atoms with Crippen LogP contribution in [0.2, 0.25) is 0 Å². The molecule has 3 N–H and O–H groups in total. The molecule has 0 aromatic rings. The van der Waals surface area contributed by atoms with Gasteiger partial charge < -0.3 is 15.4 Å². The summed E-state index contributed by atoms with van der Waals surface area (Å²) in [6.45, 7) is 5.19. The molecule has 2 aliphatic heterocycles. The highest BCUT2D eigenvalue weighted by Crippen LogP contribution is 2.38. The zero-order valence-electron chi connectivity index (χ0n) is 12.2. The maximum atomic E-state index is 12.3. The van der Waals surface area contributed by atoms with E-state index in [1.807, 2.05) is 18.7 Å². The van der Waals surface area contributed by atoms with Crippen molar-refractivity contribution in [3.05, 3.63) is 0 Å². The van der Waals surface area contributed by atoms with Crippen LogP contribution in [0.5, 0.6) is 0 Å². The van der Waals surface area contributed by atoms with E-state index in [0.29, 0.717) is 18.8 Å². The third-order valence-electron chi connectivity index (χ3n) is 4.00. The molecule has 2 aliphatic rings. The number of esters is 1. The van der Waals surface area contributed by atoms with Gasteiger partial charge in [-0.1, -0.05) is 13.8 Å². The van der Waals surface area contributed by atoms with Gasteiger partial charge in [0.25, 0.3) is 0 Å². The van der Waals surface area contributed by atoms with Crippen molar-refractivity contribution in [3.63, 3.8) is 0 Å². The Balaban J connectivity index is 1.96. The number of nitrogens with two attached hydrogens (primary N) is 1. The van der Waals surface area contributed by atoms with Gasteiger partial charge in [0.05, 0.1) is 18.0 Å². The Labute approximate surface area is 123 Å². The van der Waals surface area contributed by atoms with Crippen LogP contribution in [0.4, 0.5) is 0 Å². The zero-order valence-corrected chi connectivity index (χ0v) is 13.0. The molecule has 2 saturated heterocycles. The van der Waals surface area contributed by atoms with Crippen LogP contribution >= 0.6 is 11.8 Å². The molecule has 2 heterocycles. The summed E-state index contributed by atoms with van der Waals surface area (Å²) < 4.78 is 4.77. The number of hydrogen-bond donors (Lipinski definition) is 2. The molecule has 0 bridgehead atoms. The summed E-state index contributed by atoms with van der Waals surface area (Å²) in [6.07, 6.45) is 0.835. The number of hydrogen-bond acceptors (Lipinski definition) is 6. The molecule has 0 aliphatic carbocycles. The highest BCUT2D eigenvalue weighted by molar-refractivity contribution is 8.01. The topological polar surface area (TPSA) is 84.7 Å². The van der Waals surface area contributed by atoms with E-state index in [4.69, 9.17) is 10.5 Å². The van der Waals surface area contributed by atoms with Crippen molar-refractivity contribution >= 4 is 23.6 Å². The van der Waals surface area contributed by atoms with Crippen LogP contribution in [0.25, 0.3) is 0 Å². The molecule has 7 heteroatoms. The molecule has 0 aromatic heterocycles. The van der Waals surface area contributed by atoms with Gasteiger partial charge in [0.1, 0.15) is 6.04 Å². The summed E-state index contributed by atoms with van der Waals surface area (Å²) in [5, 5.41) is 3.32. The minimum Gasteiger partial charge on any atom is -0.468 e. The Morgan fingerprint density at radius 3 is 2.80 bits per heavy atom. The molecular weight excluding hydrogens is 278 g/mol. The zero-order chi connectivity index (χ0) is 14.9. The smallest absolute Gasteiger partial charge is 0.323 e. The number of rotatable bonds is 3. The van der Waals surface area contributed by atoms with Crippen molar-refractivity contribution in [3.8, 4) is 0 Å². The van der Waals surface area contributed by atoms with Crippen LogP contribution in [0, 0.1) is 5.92 Å². The van der Waals surface area contributed by atoms with Crippen molar-refractivity contribution in [2.24, 2.45) is 11.7 Å². The van der Waals surface area contributed by atoms with Crippen molar-refractivity contribution in [2.45, 2.75) is 37.2 Å². The van der Waals surface area contributed by atoms with Gasteiger partial charge >= 0.3 is 5.97 Å². The molecule has 1 amide bonds. The van der Waals surface area contributed by atoms with E-state index < -0.39 is 6.04 Å². The molecule has 0 saturated carbocycles. The lowest BCUT2D eigenvalue weighted by Crippen LogP contribution is -2.50. The first-order valence-corrected chi connectivity index (χ1v) is 7.91. The molecule has 0 radical (unpaired) electrons. The van der Waals surface area contributed by atoms with Gasteiger partial charge in [-0.3, -0.25) is 14.9 Å². The van der Waals surface area contributed by atoms with Gasteiger partial charge in [-0.2, -0.15) is 0 Å². The average Bonchev–Trinajstić information content (AvgIpc) is 3.04. The predicted octanol–water partition coefficient (Wildman–Crippen LogP) is -0.224. The Kier molecular flexibility index (Phi) is 4.61. The van der Waals surface area contributed by atoms with Crippen LogP contribution in [0.3, 0.4) is 0 Å². The SMILES string of the molecule is COC(=O)[C@@H]1CSC2(CCN(C(=O)[C@@H](N)C(C)C)C2)N1. The second-order valence-electron chi connectivity index (χ2n) is 5.80. The number of carbonyl (C=O) groups is 2. The monoisotopic (exact) mass is 301 g/mol. The molecule has 1 spiro atoms. The number of likely N-dealkylation sites (tertiary alicyclic amines) is 1. The molecule has 20 heavy (non-hydrogen) atoms. The van der Waals surface area contributed by atoms with Gasteiger partial charge in [0.15, 0.2) is 0 Å². The first-order valence-electron chi connectivity index (χ1n) is 6.92. The second kappa shape index (κ2) is 5.91. The standard InChI is InChI=1S/C13H23N3O3S/c1-8(2)10(14)11(17)16-5-4-13(7-16)15-9(6-20-13)12(18)19-3/h8-10,15H,4-7,14H2,1-3H3/t9-,10-,13?/m0/s1. The third kappa shape index (κ3) is 2.94. The number of amides is 1. The van der Waals surface area contributed by atoms with Crippen LogP contribution in [0.15, 0.2) is 0 Å². The van der Waals surface area contributed by atoms with Gasteiger partial charge in [0.2, 0.25) is 5.91 Å². The van der Waals surface area contributed by atoms with E-state index >= 15 is 0 Å². The number of thioether (sulfide) groups is 1. The summed E-state index contributed by atoms with van der Waals surface area (Å²) in [5.74, 6) is 0.579. The Morgan fingerprint density at radius 2 is 2.20 bits per heavy atom. The van der Waals surface area contributed by atoms with E-state index in [9.17, 15) is 9.59 Å². The molecule has 2 fully saturated rings. The largest absolute Gasteiger partial charge is 0.468 e. The number of nitrogens with one attached hydrogen (secondary N) is 1. The van der Waals surface area contributed by atoms with Crippen LogP contribution in [0.1, 0.15) is 20.3 Å². The van der Waals surface area contributed by atoms with Gasteiger partial charge in [-0.25, -0.2) is 0 Å². The molecule has 2 rings (SSSR count). The average molecular weight is 301 g/mol. The molecule has 3 atom stereocenters. The maximum Gasteiger partial charge on any atom is 0.323 e. The van der Waals surface area contributed by atoms with E-state index in [2.05, 4.69) is 5.32 Å². The lowest BCUT2D eigenvalue weighted by Gasteiger charge is -2.26. The molecule has 0 aromatic carbocycles. The lowest BCUT2D eigenvalue weighted by atomic mass is 10.0. The lowest BCUT2D eigenvalue weighted by molar-refractivity contribution is -0.142. The van der Waals surface area contributed by atoms with Crippen LogP contribution in [-0.2, 0) is 14.3 Å². The van der Waals surface area contributed by atoms with E-state index in [0.717, 1.165) is 6.42 Å². The summed E-state index contributed by atoms with van der Waals surface area (Å²) in [7, 11) is 1.39. The van der Waals surface area contributed by atoms with Crippen molar-refractivity contribution in [2.75, 3.05) is 26.0 Å². The number of carbonyl (C=O) groups excluding carboxylic acids is 2. The molecule has 114 valence electrons. The summed E-state index contributed by atoms with van der Waals surface area (Å²) in [4.78, 5) is 25.4. The first-order chi connectivity index (χ1) is 9.38. The fraction of sp³-hybridized carbons (Fsp3) is 0.846. The molecular formula is C13H23N3O3S. The third-order valence-corrected chi connectivity index (χ3v) is 5.50. The molecule has 1 unspecified atom stereocenters. The summed E-state index contributed by atoms with van der Waals surface area (Å²) in [5.41, 5.74) is 5.93. The predicted molar refractivity (Wildman–Crippen MR) is 78.1 cm³/mol. The molecule has 6 nitrogen and oxygen atoms in total. The normalized spacial score (nSPS) is 31.1. The maximum absolute atomic E-state index is 12.3. The van der Waals surface area contributed by atoms with Crippen LogP contribution < -0.4 is 11.1 Å². The fourth-order valence-corrected chi connectivity index (χ4v) is 4.03. The van der Waals surface area contributed by atoms with E-state index in [-0.39, 0.29) is 28.7 Å². The van der Waals surface area contributed by atoms with E-state index in [1.54, 1.807) is 11.8 Å². The minimum absolute atomic E-state index is 0.000734. The fourth-order valence-electron chi connectivity index (χ4n) is 2.61. The number of methoxy groups -OCH3 is 1. The Hall–Kier alpha value is -0.790. The highest BCUT2D eigenvalue weighted by Gasteiger charge is 2.48. The quantitative estimate of drug-likeness (QED) is 0.701. The van der Waals surface area contributed by atoms with Gasteiger partial charge in [0, 0.05) is 18.8 Å². The van der Waals surface area contributed by atoms with Crippen molar-refractivity contribution in [1.82, 2.24) is 10.2 Å².